The van der Waals surface area contributed by atoms with Crippen LogP contribution in [0, 0.1) is 17.6 Å². The van der Waals surface area contributed by atoms with Crippen molar-refractivity contribution in [3.63, 3.8) is 0 Å². The van der Waals surface area contributed by atoms with Crippen molar-refractivity contribution < 1.29 is 18.4 Å². The summed E-state index contributed by atoms with van der Waals surface area (Å²) in [5, 5.41) is 2.04. The van der Waals surface area contributed by atoms with Crippen LogP contribution in [-0.4, -0.2) is 29.7 Å². The second-order valence-electron chi connectivity index (χ2n) is 7.42. The minimum absolute atomic E-state index is 0.0582. The number of nitrogens with zero attached hydrogens (tertiary/aromatic N) is 1. The summed E-state index contributed by atoms with van der Waals surface area (Å²) in [6.45, 7) is 0.826. The molecule has 0 saturated carbocycles. The average molecular weight is 458 g/mol. The molecule has 3 aromatic rings. The number of carbonyl (C=O) groups excluding carboxylic acids is 2. The van der Waals surface area contributed by atoms with Crippen LogP contribution in [0.25, 0.3) is 0 Å². The van der Waals surface area contributed by atoms with E-state index in [9.17, 15) is 18.4 Å². The molecule has 0 spiro atoms. The van der Waals surface area contributed by atoms with Gasteiger partial charge in [0.2, 0.25) is 0 Å². The molecule has 0 bridgehead atoms. The minimum atomic E-state index is -0.707. The molecule has 0 radical (unpaired) electrons. The Morgan fingerprint density at radius 3 is 2.52 bits per heavy atom. The fraction of sp³-hybridized carbons (Fsp3) is 0.250. The SMILES string of the molecule is O=C(c1cc(F)ccc1F)C1CCN(C(=O)c2ccccc2SCc2cccs2)CC1. The molecule has 2 heterocycles. The number of ketones is 1. The van der Waals surface area contributed by atoms with Gasteiger partial charge in [-0.3, -0.25) is 9.59 Å². The zero-order valence-electron chi connectivity index (χ0n) is 16.7. The Labute approximate surface area is 188 Å². The normalized spacial score (nSPS) is 14.6. The quantitative estimate of drug-likeness (QED) is 0.334. The van der Waals surface area contributed by atoms with Gasteiger partial charge in [0, 0.05) is 34.5 Å². The highest BCUT2D eigenvalue weighted by Crippen LogP contribution is 2.30. The largest absolute Gasteiger partial charge is 0.339 e. The molecular formula is C24H21F2NO2S2. The summed E-state index contributed by atoms with van der Waals surface area (Å²) in [5.74, 6) is -1.40. The first-order valence-corrected chi connectivity index (χ1v) is 11.9. The standard InChI is InChI=1S/C24H21F2NO2S2/c25-17-7-8-21(26)20(14-17)23(28)16-9-11-27(12-10-16)24(29)19-5-1-2-6-22(19)31-15-18-4-3-13-30-18/h1-8,13-14,16H,9-12,15H2. The molecule has 0 aliphatic carbocycles. The molecule has 1 aliphatic heterocycles. The number of piperidine rings is 1. The second kappa shape index (κ2) is 9.75. The van der Waals surface area contributed by atoms with Gasteiger partial charge < -0.3 is 4.90 Å². The monoisotopic (exact) mass is 457 g/mol. The van der Waals surface area contributed by atoms with Crippen molar-refractivity contribution in [2.24, 2.45) is 5.92 Å². The number of hydrogen-bond acceptors (Lipinski definition) is 4. The Kier molecular flexibility index (Phi) is 6.83. The van der Waals surface area contributed by atoms with Gasteiger partial charge in [-0.1, -0.05) is 18.2 Å². The Morgan fingerprint density at radius 2 is 1.77 bits per heavy atom. The van der Waals surface area contributed by atoms with Gasteiger partial charge in [0.15, 0.2) is 5.78 Å². The number of rotatable bonds is 6. The first-order valence-electron chi connectivity index (χ1n) is 10.1. The fourth-order valence-corrected chi connectivity index (χ4v) is 5.55. The van der Waals surface area contributed by atoms with Crippen LogP contribution < -0.4 is 0 Å². The summed E-state index contributed by atoms with van der Waals surface area (Å²) < 4.78 is 27.4. The number of hydrogen-bond donors (Lipinski definition) is 0. The van der Waals surface area contributed by atoms with Crippen LogP contribution in [-0.2, 0) is 5.75 Å². The Balaban J connectivity index is 1.40. The highest BCUT2D eigenvalue weighted by molar-refractivity contribution is 7.98. The lowest BCUT2D eigenvalue weighted by atomic mass is 9.88. The second-order valence-corrected chi connectivity index (χ2v) is 9.47. The number of benzene rings is 2. The van der Waals surface area contributed by atoms with Crippen LogP contribution in [0.3, 0.4) is 0 Å². The van der Waals surface area contributed by atoms with E-state index in [0.717, 1.165) is 28.8 Å². The third kappa shape index (κ3) is 5.05. The highest BCUT2D eigenvalue weighted by Gasteiger charge is 2.30. The molecule has 0 N–H and O–H groups in total. The van der Waals surface area contributed by atoms with Crippen molar-refractivity contribution in [3.05, 3.63) is 87.6 Å². The number of amides is 1. The van der Waals surface area contributed by atoms with Gasteiger partial charge in [0.05, 0.1) is 11.1 Å². The van der Waals surface area contributed by atoms with Crippen LogP contribution >= 0.6 is 23.1 Å². The maximum atomic E-state index is 14.0. The first-order chi connectivity index (χ1) is 15.0. The van der Waals surface area contributed by atoms with E-state index in [0.29, 0.717) is 31.5 Å². The number of thiophene rings is 1. The lowest BCUT2D eigenvalue weighted by molar-refractivity contribution is 0.0646. The number of thioether (sulfide) groups is 1. The van der Waals surface area contributed by atoms with Crippen LogP contribution in [0.2, 0.25) is 0 Å². The Bertz CT molecular complexity index is 1080. The predicted octanol–water partition coefficient (Wildman–Crippen LogP) is 6.05. The molecule has 0 unspecified atom stereocenters. The highest BCUT2D eigenvalue weighted by atomic mass is 32.2. The third-order valence-corrected chi connectivity index (χ3v) is 7.60. The van der Waals surface area contributed by atoms with Gasteiger partial charge in [-0.05, 0) is 54.6 Å². The minimum Gasteiger partial charge on any atom is -0.339 e. The summed E-state index contributed by atoms with van der Waals surface area (Å²) >= 11 is 3.32. The molecule has 31 heavy (non-hydrogen) atoms. The molecule has 3 nitrogen and oxygen atoms in total. The van der Waals surface area contributed by atoms with Crippen LogP contribution in [0.1, 0.15) is 38.4 Å². The van der Waals surface area contributed by atoms with Crippen molar-refractivity contribution in [1.82, 2.24) is 4.90 Å². The van der Waals surface area contributed by atoms with E-state index in [1.54, 1.807) is 28.0 Å². The number of halogens is 2. The molecule has 1 fully saturated rings. The lowest BCUT2D eigenvalue weighted by Crippen LogP contribution is -2.40. The Hall–Kier alpha value is -2.51. The number of carbonyl (C=O) groups is 2. The fourth-order valence-electron chi connectivity index (χ4n) is 3.73. The molecule has 1 amide bonds. The lowest BCUT2D eigenvalue weighted by Gasteiger charge is -2.32. The van der Waals surface area contributed by atoms with E-state index in [-0.39, 0.29) is 11.5 Å². The van der Waals surface area contributed by atoms with E-state index < -0.39 is 23.3 Å². The van der Waals surface area contributed by atoms with Gasteiger partial charge in [-0.15, -0.1) is 23.1 Å². The van der Waals surface area contributed by atoms with Gasteiger partial charge in [-0.2, -0.15) is 0 Å². The van der Waals surface area contributed by atoms with Gasteiger partial charge >= 0.3 is 0 Å². The maximum Gasteiger partial charge on any atom is 0.254 e. The average Bonchev–Trinajstić information content (AvgIpc) is 3.32. The maximum absolute atomic E-state index is 14.0. The van der Waals surface area contributed by atoms with E-state index in [1.165, 1.54) is 4.88 Å². The Morgan fingerprint density at radius 1 is 1.00 bits per heavy atom. The van der Waals surface area contributed by atoms with E-state index in [4.69, 9.17) is 0 Å². The topological polar surface area (TPSA) is 37.4 Å². The van der Waals surface area contributed by atoms with Gasteiger partial charge in [0.25, 0.3) is 5.91 Å². The van der Waals surface area contributed by atoms with E-state index in [1.807, 2.05) is 35.7 Å². The number of likely N-dealkylation sites (tertiary alicyclic amines) is 1. The summed E-state index contributed by atoms with van der Waals surface area (Å²) in [7, 11) is 0. The zero-order valence-corrected chi connectivity index (χ0v) is 18.4. The summed E-state index contributed by atoms with van der Waals surface area (Å²) in [4.78, 5) is 29.7. The molecule has 1 aliphatic rings. The number of Topliss-reactive ketones (excluding diaryl/α,β-unsaturated/α-hetero) is 1. The third-order valence-electron chi connectivity index (χ3n) is 5.41. The molecular weight excluding hydrogens is 436 g/mol. The summed E-state index contributed by atoms with van der Waals surface area (Å²) in [5.41, 5.74) is 0.449. The van der Waals surface area contributed by atoms with Crippen molar-refractivity contribution >= 4 is 34.8 Å². The molecule has 1 saturated heterocycles. The summed E-state index contributed by atoms with van der Waals surface area (Å²) in [6, 6.07) is 14.6. The molecule has 2 aromatic carbocycles. The van der Waals surface area contributed by atoms with Crippen molar-refractivity contribution in [2.75, 3.05) is 13.1 Å². The summed E-state index contributed by atoms with van der Waals surface area (Å²) in [6.07, 6.45) is 0.871. The van der Waals surface area contributed by atoms with E-state index >= 15 is 0 Å². The molecule has 0 atom stereocenters. The molecule has 1 aromatic heterocycles. The molecule has 4 rings (SSSR count). The van der Waals surface area contributed by atoms with Crippen molar-refractivity contribution in [1.29, 1.82) is 0 Å². The van der Waals surface area contributed by atoms with Crippen molar-refractivity contribution in [3.8, 4) is 0 Å². The smallest absolute Gasteiger partial charge is 0.254 e. The predicted molar refractivity (Wildman–Crippen MR) is 120 cm³/mol. The molecule has 160 valence electrons. The first kappa shape index (κ1) is 21.7. The van der Waals surface area contributed by atoms with Crippen LogP contribution in [0.5, 0.6) is 0 Å². The van der Waals surface area contributed by atoms with Crippen LogP contribution in [0.4, 0.5) is 8.78 Å². The van der Waals surface area contributed by atoms with Gasteiger partial charge in [0.1, 0.15) is 11.6 Å². The zero-order chi connectivity index (χ0) is 21.8. The van der Waals surface area contributed by atoms with Gasteiger partial charge in [-0.25, -0.2) is 8.78 Å². The van der Waals surface area contributed by atoms with Crippen molar-refractivity contribution in [2.45, 2.75) is 23.5 Å². The molecule has 7 heteroatoms. The van der Waals surface area contributed by atoms with E-state index in [2.05, 4.69) is 6.07 Å². The van der Waals surface area contributed by atoms with Crippen LogP contribution in [0.15, 0.2) is 64.9 Å².